The molecule has 0 saturated heterocycles. The maximum Gasteiger partial charge on any atom is 0.339 e. The predicted octanol–water partition coefficient (Wildman–Crippen LogP) is 2.26. The molecule has 0 radical (unpaired) electrons. The second kappa shape index (κ2) is 5.49. The van der Waals surface area contributed by atoms with E-state index in [9.17, 15) is 4.79 Å². The van der Waals surface area contributed by atoms with Gasteiger partial charge in [0.05, 0.1) is 5.69 Å². The third-order valence-electron chi connectivity index (χ3n) is 2.34. The largest absolute Gasteiger partial charge is 0.478 e. The third kappa shape index (κ3) is 2.95. The van der Waals surface area contributed by atoms with E-state index in [4.69, 9.17) is 5.11 Å². The van der Waals surface area contributed by atoms with Crippen molar-refractivity contribution in [3.05, 3.63) is 24.0 Å². The molecule has 1 rings (SSSR count). The van der Waals surface area contributed by atoms with Crippen LogP contribution in [-0.4, -0.2) is 29.1 Å². The molecule has 0 fully saturated rings. The highest BCUT2D eigenvalue weighted by atomic mass is 16.4. The van der Waals surface area contributed by atoms with Gasteiger partial charge in [-0.3, -0.25) is 4.98 Å². The van der Waals surface area contributed by atoms with Crippen LogP contribution in [0.2, 0.25) is 0 Å². The number of nitrogens with zero attached hydrogens (tertiary/aromatic N) is 2. The number of hydrogen-bond acceptors (Lipinski definition) is 3. The zero-order valence-electron chi connectivity index (χ0n) is 9.97. The summed E-state index contributed by atoms with van der Waals surface area (Å²) in [4.78, 5) is 17.0. The maximum atomic E-state index is 11.1. The van der Waals surface area contributed by atoms with Crippen LogP contribution in [0.15, 0.2) is 18.5 Å². The van der Waals surface area contributed by atoms with Crippen LogP contribution < -0.4 is 4.90 Å². The summed E-state index contributed by atoms with van der Waals surface area (Å²) in [5.41, 5.74) is 1.02. The number of carbonyl (C=O) groups is 1. The van der Waals surface area contributed by atoms with E-state index in [1.54, 1.807) is 12.3 Å². The van der Waals surface area contributed by atoms with Gasteiger partial charge in [-0.05, 0) is 18.9 Å². The first-order chi connectivity index (χ1) is 7.56. The lowest BCUT2D eigenvalue weighted by molar-refractivity contribution is 0.0697. The molecule has 0 aliphatic rings. The van der Waals surface area contributed by atoms with Crippen LogP contribution >= 0.6 is 0 Å². The average molecular weight is 222 g/mol. The molecule has 88 valence electrons. The standard InChI is InChI=1S/C12H18N2O2/c1-4-14(8-9(2)3)11-5-6-13-7-10(11)12(15)16/h5-7,9H,4,8H2,1-3H3,(H,15,16). The van der Waals surface area contributed by atoms with Gasteiger partial charge in [-0.1, -0.05) is 13.8 Å². The molecule has 0 aliphatic heterocycles. The fraction of sp³-hybridized carbons (Fsp3) is 0.500. The predicted molar refractivity (Wildman–Crippen MR) is 63.9 cm³/mol. The number of hydrogen-bond donors (Lipinski definition) is 1. The molecule has 0 atom stereocenters. The van der Waals surface area contributed by atoms with E-state index in [-0.39, 0.29) is 5.56 Å². The van der Waals surface area contributed by atoms with Crippen LogP contribution in [0.1, 0.15) is 31.1 Å². The van der Waals surface area contributed by atoms with Crippen molar-refractivity contribution in [1.82, 2.24) is 4.98 Å². The Kier molecular flexibility index (Phi) is 4.28. The van der Waals surface area contributed by atoms with E-state index < -0.39 is 5.97 Å². The van der Waals surface area contributed by atoms with Crippen molar-refractivity contribution in [3.8, 4) is 0 Å². The van der Waals surface area contributed by atoms with Gasteiger partial charge in [-0.25, -0.2) is 4.79 Å². The van der Waals surface area contributed by atoms with E-state index >= 15 is 0 Å². The first-order valence-electron chi connectivity index (χ1n) is 5.48. The van der Waals surface area contributed by atoms with E-state index in [0.29, 0.717) is 5.92 Å². The first kappa shape index (κ1) is 12.5. The molecule has 0 aromatic carbocycles. The Balaban J connectivity index is 3.04. The minimum Gasteiger partial charge on any atom is -0.478 e. The topological polar surface area (TPSA) is 53.4 Å². The SMILES string of the molecule is CCN(CC(C)C)c1ccncc1C(=O)O. The fourth-order valence-electron chi connectivity index (χ4n) is 1.67. The van der Waals surface area contributed by atoms with Crippen LogP contribution in [0.4, 0.5) is 5.69 Å². The molecule has 0 unspecified atom stereocenters. The van der Waals surface area contributed by atoms with Crippen LogP contribution in [0, 0.1) is 5.92 Å². The Bertz CT molecular complexity index is 364. The molecule has 1 aromatic heterocycles. The highest BCUT2D eigenvalue weighted by Gasteiger charge is 2.15. The molecule has 0 amide bonds. The summed E-state index contributed by atoms with van der Waals surface area (Å²) in [6.45, 7) is 7.90. The molecule has 1 aromatic rings. The molecule has 4 nitrogen and oxygen atoms in total. The molecule has 0 aliphatic carbocycles. The van der Waals surface area contributed by atoms with Crippen LogP contribution in [-0.2, 0) is 0 Å². The molecular formula is C12H18N2O2. The molecule has 1 N–H and O–H groups in total. The number of carboxylic acid groups (broad SMARTS) is 1. The summed E-state index contributed by atoms with van der Waals surface area (Å²) in [5.74, 6) is -0.430. The van der Waals surface area contributed by atoms with Gasteiger partial charge in [0, 0.05) is 25.5 Å². The third-order valence-corrected chi connectivity index (χ3v) is 2.34. The van der Waals surface area contributed by atoms with Crippen molar-refractivity contribution >= 4 is 11.7 Å². The molecule has 0 bridgehead atoms. The monoisotopic (exact) mass is 222 g/mol. The fourth-order valence-corrected chi connectivity index (χ4v) is 1.67. The summed E-state index contributed by atoms with van der Waals surface area (Å²) in [5, 5.41) is 9.08. The molecular weight excluding hydrogens is 204 g/mol. The van der Waals surface area contributed by atoms with Gasteiger partial charge in [-0.2, -0.15) is 0 Å². The Hall–Kier alpha value is -1.58. The zero-order chi connectivity index (χ0) is 12.1. The lowest BCUT2D eigenvalue weighted by atomic mass is 10.1. The van der Waals surface area contributed by atoms with E-state index in [2.05, 4.69) is 23.7 Å². The number of aromatic carboxylic acids is 1. The molecule has 0 spiro atoms. The van der Waals surface area contributed by atoms with Crippen molar-refractivity contribution in [2.45, 2.75) is 20.8 Å². The van der Waals surface area contributed by atoms with Crippen molar-refractivity contribution in [3.63, 3.8) is 0 Å². The van der Waals surface area contributed by atoms with E-state index in [1.807, 2.05) is 6.92 Å². The van der Waals surface area contributed by atoms with Crippen molar-refractivity contribution in [2.24, 2.45) is 5.92 Å². The summed E-state index contributed by atoms with van der Waals surface area (Å²) in [7, 11) is 0. The van der Waals surface area contributed by atoms with Gasteiger partial charge in [0.15, 0.2) is 0 Å². The van der Waals surface area contributed by atoms with Crippen LogP contribution in [0.3, 0.4) is 0 Å². The number of aromatic nitrogens is 1. The lowest BCUT2D eigenvalue weighted by Gasteiger charge is -2.26. The number of pyridine rings is 1. The van der Waals surface area contributed by atoms with Crippen molar-refractivity contribution in [2.75, 3.05) is 18.0 Å². The quantitative estimate of drug-likeness (QED) is 0.830. The van der Waals surface area contributed by atoms with Gasteiger partial charge in [0.1, 0.15) is 5.56 Å². The van der Waals surface area contributed by atoms with Gasteiger partial charge in [0.2, 0.25) is 0 Å². The second-order valence-electron chi connectivity index (χ2n) is 4.13. The summed E-state index contributed by atoms with van der Waals surface area (Å²) in [6.07, 6.45) is 3.03. The van der Waals surface area contributed by atoms with Gasteiger partial charge in [0.25, 0.3) is 0 Å². The summed E-state index contributed by atoms with van der Waals surface area (Å²) in [6, 6.07) is 1.76. The van der Waals surface area contributed by atoms with Crippen molar-refractivity contribution in [1.29, 1.82) is 0 Å². The van der Waals surface area contributed by atoms with E-state index in [0.717, 1.165) is 18.8 Å². The Labute approximate surface area is 95.9 Å². The summed E-state index contributed by atoms with van der Waals surface area (Å²) >= 11 is 0. The highest BCUT2D eigenvalue weighted by molar-refractivity contribution is 5.94. The highest BCUT2D eigenvalue weighted by Crippen LogP contribution is 2.20. The smallest absolute Gasteiger partial charge is 0.339 e. The first-order valence-corrected chi connectivity index (χ1v) is 5.48. The van der Waals surface area contributed by atoms with Crippen molar-refractivity contribution < 1.29 is 9.90 Å². The minimum atomic E-state index is -0.926. The number of anilines is 1. The molecule has 4 heteroatoms. The van der Waals surface area contributed by atoms with Gasteiger partial charge < -0.3 is 10.0 Å². The minimum absolute atomic E-state index is 0.269. The number of carboxylic acids is 1. The molecule has 1 heterocycles. The average Bonchev–Trinajstić information content (AvgIpc) is 2.25. The molecule has 0 saturated carbocycles. The normalized spacial score (nSPS) is 10.5. The van der Waals surface area contributed by atoms with Crippen LogP contribution in [0.5, 0.6) is 0 Å². The Morgan fingerprint density at radius 1 is 1.56 bits per heavy atom. The van der Waals surface area contributed by atoms with Gasteiger partial charge >= 0.3 is 5.97 Å². The molecule has 16 heavy (non-hydrogen) atoms. The van der Waals surface area contributed by atoms with Crippen LogP contribution in [0.25, 0.3) is 0 Å². The van der Waals surface area contributed by atoms with E-state index in [1.165, 1.54) is 6.20 Å². The maximum absolute atomic E-state index is 11.1. The van der Waals surface area contributed by atoms with Gasteiger partial charge in [-0.15, -0.1) is 0 Å². The second-order valence-corrected chi connectivity index (χ2v) is 4.13. The number of rotatable bonds is 5. The Morgan fingerprint density at radius 2 is 2.25 bits per heavy atom. The zero-order valence-corrected chi connectivity index (χ0v) is 9.97. The lowest BCUT2D eigenvalue weighted by Crippen LogP contribution is -2.28. The summed E-state index contributed by atoms with van der Waals surface area (Å²) < 4.78 is 0. The Morgan fingerprint density at radius 3 is 2.75 bits per heavy atom.